The Balaban J connectivity index is 1.83. The van der Waals surface area contributed by atoms with Gasteiger partial charge in [0.05, 0.1) is 5.92 Å². The highest BCUT2D eigenvalue weighted by molar-refractivity contribution is 5.98. The first-order valence-corrected chi connectivity index (χ1v) is 10.8. The molecule has 0 bridgehead atoms. The van der Waals surface area contributed by atoms with Crippen molar-refractivity contribution >= 4 is 23.4 Å². The number of nitrogens with zero attached hydrogens (tertiary/aromatic N) is 1. The first-order valence-electron chi connectivity index (χ1n) is 10.8. The van der Waals surface area contributed by atoms with Crippen LogP contribution in [0.15, 0.2) is 24.3 Å². The van der Waals surface area contributed by atoms with Gasteiger partial charge in [0.2, 0.25) is 11.8 Å². The molecule has 1 saturated heterocycles. The molecular formula is C23H35N3O3. The third-order valence-corrected chi connectivity index (χ3v) is 5.44. The maximum atomic E-state index is 12.5. The van der Waals surface area contributed by atoms with E-state index in [4.69, 9.17) is 0 Å². The maximum absolute atomic E-state index is 12.5. The molecule has 3 amide bonds. The van der Waals surface area contributed by atoms with Gasteiger partial charge in [0, 0.05) is 36.3 Å². The molecule has 1 aliphatic heterocycles. The number of unbranched alkanes of at least 4 members (excludes halogenated alkanes) is 3. The van der Waals surface area contributed by atoms with Crippen molar-refractivity contribution in [3.8, 4) is 0 Å². The van der Waals surface area contributed by atoms with Crippen LogP contribution in [0.5, 0.6) is 0 Å². The molecule has 2 rings (SSSR count). The number of benzene rings is 1. The zero-order valence-electron chi connectivity index (χ0n) is 18.2. The first kappa shape index (κ1) is 22.9. The zero-order chi connectivity index (χ0) is 21.4. The lowest BCUT2D eigenvalue weighted by atomic mass is 10.1. The fourth-order valence-electron chi connectivity index (χ4n) is 3.61. The summed E-state index contributed by atoms with van der Waals surface area (Å²) >= 11 is 0. The molecule has 1 fully saturated rings. The number of hydrogen-bond donors (Lipinski definition) is 2. The monoisotopic (exact) mass is 401 g/mol. The van der Waals surface area contributed by atoms with Crippen LogP contribution in [0.2, 0.25) is 0 Å². The Morgan fingerprint density at radius 3 is 2.38 bits per heavy atom. The summed E-state index contributed by atoms with van der Waals surface area (Å²) < 4.78 is 0. The highest BCUT2D eigenvalue weighted by Gasteiger charge is 2.35. The molecule has 29 heavy (non-hydrogen) atoms. The van der Waals surface area contributed by atoms with Gasteiger partial charge >= 0.3 is 0 Å². The van der Waals surface area contributed by atoms with E-state index in [0.717, 1.165) is 12.8 Å². The van der Waals surface area contributed by atoms with Crippen LogP contribution in [0.25, 0.3) is 0 Å². The molecule has 1 aliphatic rings. The first-order chi connectivity index (χ1) is 13.8. The van der Waals surface area contributed by atoms with Crippen molar-refractivity contribution in [1.29, 1.82) is 0 Å². The second kappa shape index (κ2) is 11.0. The fourth-order valence-corrected chi connectivity index (χ4v) is 3.61. The number of likely N-dealkylation sites (tertiary alicyclic amines) is 1. The molecule has 1 aromatic carbocycles. The van der Waals surface area contributed by atoms with Gasteiger partial charge in [0.1, 0.15) is 0 Å². The molecule has 0 saturated carbocycles. The Labute approximate surface area is 174 Å². The van der Waals surface area contributed by atoms with E-state index in [2.05, 4.69) is 17.6 Å². The van der Waals surface area contributed by atoms with Crippen molar-refractivity contribution in [3.63, 3.8) is 0 Å². The highest BCUT2D eigenvalue weighted by Crippen LogP contribution is 2.22. The number of nitrogens with one attached hydrogen (secondary N) is 2. The number of rotatable bonds is 10. The Morgan fingerprint density at radius 2 is 1.79 bits per heavy atom. The van der Waals surface area contributed by atoms with Gasteiger partial charge in [-0.1, -0.05) is 32.6 Å². The number of amides is 3. The van der Waals surface area contributed by atoms with Crippen LogP contribution >= 0.6 is 0 Å². The van der Waals surface area contributed by atoms with Crippen LogP contribution in [-0.4, -0.2) is 41.2 Å². The highest BCUT2D eigenvalue weighted by atomic mass is 16.2. The molecule has 0 aliphatic carbocycles. The lowest BCUT2D eigenvalue weighted by Gasteiger charge is -2.20. The van der Waals surface area contributed by atoms with E-state index < -0.39 is 0 Å². The van der Waals surface area contributed by atoms with Crippen LogP contribution in [-0.2, 0) is 9.59 Å². The van der Waals surface area contributed by atoms with Crippen molar-refractivity contribution < 1.29 is 14.4 Å². The molecule has 6 nitrogen and oxygen atoms in total. The van der Waals surface area contributed by atoms with E-state index in [0.29, 0.717) is 17.8 Å². The normalized spacial score (nSPS) is 17.5. The number of carbonyl (C=O) groups is 3. The van der Waals surface area contributed by atoms with Crippen LogP contribution in [0.4, 0.5) is 5.69 Å². The van der Waals surface area contributed by atoms with Gasteiger partial charge in [-0.05, 0) is 51.5 Å². The zero-order valence-corrected chi connectivity index (χ0v) is 18.2. The summed E-state index contributed by atoms with van der Waals surface area (Å²) in [5, 5.41) is 5.89. The third-order valence-electron chi connectivity index (χ3n) is 5.44. The lowest BCUT2D eigenvalue weighted by molar-refractivity contribution is -0.129. The predicted octanol–water partition coefficient (Wildman–Crippen LogP) is 3.97. The van der Waals surface area contributed by atoms with Gasteiger partial charge in [0.15, 0.2) is 0 Å². The predicted molar refractivity (Wildman–Crippen MR) is 116 cm³/mol. The summed E-state index contributed by atoms with van der Waals surface area (Å²) in [6.07, 6.45) is 5.99. The largest absolute Gasteiger partial charge is 0.350 e. The summed E-state index contributed by atoms with van der Waals surface area (Å²) in [6, 6.07) is 7.14. The fraction of sp³-hybridized carbons (Fsp3) is 0.609. The van der Waals surface area contributed by atoms with E-state index in [1.807, 2.05) is 20.8 Å². The molecule has 160 valence electrons. The Kier molecular flexibility index (Phi) is 8.68. The van der Waals surface area contributed by atoms with E-state index in [-0.39, 0.29) is 42.1 Å². The minimum absolute atomic E-state index is 0.0241. The van der Waals surface area contributed by atoms with Crippen LogP contribution in [0.3, 0.4) is 0 Å². The van der Waals surface area contributed by atoms with Gasteiger partial charge in [-0.3, -0.25) is 14.4 Å². The average molecular weight is 402 g/mol. The van der Waals surface area contributed by atoms with Gasteiger partial charge in [-0.15, -0.1) is 0 Å². The topological polar surface area (TPSA) is 78.5 Å². The Bertz CT molecular complexity index is 700. The summed E-state index contributed by atoms with van der Waals surface area (Å²) in [6.45, 7) is 8.58. The minimum atomic E-state index is -0.332. The van der Waals surface area contributed by atoms with Crippen molar-refractivity contribution in [2.75, 3.05) is 11.9 Å². The summed E-state index contributed by atoms with van der Waals surface area (Å²) in [5.41, 5.74) is 1.21. The second-order valence-corrected chi connectivity index (χ2v) is 8.33. The van der Waals surface area contributed by atoms with E-state index in [1.54, 1.807) is 29.2 Å². The van der Waals surface area contributed by atoms with Crippen LogP contribution in [0, 0.1) is 5.92 Å². The summed E-state index contributed by atoms with van der Waals surface area (Å²) in [5.74, 6) is -0.559. The molecular weight excluding hydrogens is 366 g/mol. The van der Waals surface area contributed by atoms with E-state index in [1.165, 1.54) is 19.3 Å². The molecule has 1 aromatic rings. The number of anilines is 1. The maximum Gasteiger partial charge on any atom is 0.251 e. The summed E-state index contributed by atoms with van der Waals surface area (Å²) in [7, 11) is 0. The molecule has 0 spiro atoms. The standard InChI is InChI=1S/C23H35N3O3/c1-5-6-7-8-9-17(4)24-22(28)18-10-12-20(13-11-18)25-23(29)19-14-21(27)26(15-19)16(2)3/h10-13,16-17,19H,5-9,14-15H2,1-4H3,(H,24,28)(H,25,29). The SMILES string of the molecule is CCCCCCC(C)NC(=O)c1ccc(NC(=O)C2CC(=O)N(C(C)C)C2)cc1. The van der Waals surface area contributed by atoms with Gasteiger partial charge in [-0.2, -0.15) is 0 Å². The lowest BCUT2D eigenvalue weighted by Crippen LogP contribution is -2.33. The molecule has 2 atom stereocenters. The average Bonchev–Trinajstić information content (AvgIpc) is 3.08. The Hall–Kier alpha value is -2.37. The molecule has 2 N–H and O–H groups in total. The van der Waals surface area contributed by atoms with Crippen LogP contribution < -0.4 is 10.6 Å². The van der Waals surface area contributed by atoms with Gasteiger partial charge in [0.25, 0.3) is 5.91 Å². The van der Waals surface area contributed by atoms with Gasteiger partial charge in [-0.25, -0.2) is 0 Å². The van der Waals surface area contributed by atoms with E-state index in [9.17, 15) is 14.4 Å². The molecule has 0 aromatic heterocycles. The Morgan fingerprint density at radius 1 is 1.10 bits per heavy atom. The quantitative estimate of drug-likeness (QED) is 0.582. The molecule has 2 unspecified atom stereocenters. The van der Waals surface area contributed by atoms with Crippen molar-refractivity contribution in [2.45, 2.75) is 78.3 Å². The second-order valence-electron chi connectivity index (χ2n) is 8.33. The molecule has 6 heteroatoms. The van der Waals surface area contributed by atoms with Crippen molar-refractivity contribution in [3.05, 3.63) is 29.8 Å². The smallest absolute Gasteiger partial charge is 0.251 e. The number of carbonyl (C=O) groups excluding carboxylic acids is 3. The van der Waals surface area contributed by atoms with Gasteiger partial charge < -0.3 is 15.5 Å². The third kappa shape index (κ3) is 6.87. The number of hydrogen-bond acceptors (Lipinski definition) is 3. The molecule has 0 radical (unpaired) electrons. The van der Waals surface area contributed by atoms with E-state index >= 15 is 0 Å². The minimum Gasteiger partial charge on any atom is -0.350 e. The van der Waals surface area contributed by atoms with Crippen molar-refractivity contribution in [2.24, 2.45) is 5.92 Å². The van der Waals surface area contributed by atoms with Crippen LogP contribution in [0.1, 0.15) is 76.6 Å². The van der Waals surface area contributed by atoms with Crippen molar-refractivity contribution in [1.82, 2.24) is 10.2 Å². The summed E-state index contributed by atoms with van der Waals surface area (Å²) in [4.78, 5) is 38.6. The molecule has 1 heterocycles.